The number of rotatable bonds is 4. The van der Waals surface area contributed by atoms with E-state index in [1.807, 2.05) is 0 Å². The van der Waals surface area contributed by atoms with Crippen molar-refractivity contribution in [3.8, 4) is 5.69 Å². The lowest BCUT2D eigenvalue weighted by atomic mass is 9.92. The summed E-state index contributed by atoms with van der Waals surface area (Å²) < 4.78 is 1.51. The zero-order chi connectivity index (χ0) is 16.7. The third kappa shape index (κ3) is 2.64. The van der Waals surface area contributed by atoms with E-state index in [-0.39, 0.29) is 11.8 Å². The highest BCUT2D eigenvalue weighted by atomic mass is 16.4. The molecule has 1 aromatic heterocycles. The monoisotopic (exact) mass is 327 g/mol. The summed E-state index contributed by atoms with van der Waals surface area (Å²) in [7, 11) is 0. The molecule has 24 heavy (non-hydrogen) atoms. The Balaban J connectivity index is 1.50. The zero-order valence-corrected chi connectivity index (χ0v) is 12.9. The lowest BCUT2D eigenvalue weighted by Gasteiger charge is -2.16. The maximum absolute atomic E-state index is 12.7. The van der Waals surface area contributed by atoms with E-state index in [1.165, 1.54) is 11.0 Å². The second kappa shape index (κ2) is 5.70. The maximum Gasteiger partial charge on any atom is 0.308 e. The number of aliphatic carboxylic acids is 1. The molecule has 1 aliphatic carbocycles. The molecule has 0 spiro atoms. The van der Waals surface area contributed by atoms with Gasteiger partial charge in [-0.1, -0.05) is 0 Å². The number of hydrogen-bond donors (Lipinski definition) is 1. The standard InChI is InChI=1S/C16H17N5O3/c22-15(11-3-5-12(6-4-11)21-9-17-18-19-21)20-7-13(10-1-2-10)14(8-20)16(23)24/h3-6,9-10,13-14H,1-2,7-8H2,(H,23,24)/t13-,14+/m1/s1. The number of nitrogens with zero attached hydrogens (tertiary/aromatic N) is 5. The van der Waals surface area contributed by atoms with E-state index in [0.717, 1.165) is 18.5 Å². The normalized spacial score (nSPS) is 23.4. The van der Waals surface area contributed by atoms with Gasteiger partial charge in [-0.05, 0) is 59.4 Å². The number of carbonyl (C=O) groups is 2. The summed E-state index contributed by atoms with van der Waals surface area (Å²) in [5, 5.41) is 20.4. The molecule has 8 nitrogen and oxygen atoms in total. The highest BCUT2D eigenvalue weighted by Crippen LogP contribution is 2.44. The number of tetrazole rings is 1. The smallest absolute Gasteiger partial charge is 0.308 e. The minimum absolute atomic E-state index is 0.0898. The number of benzene rings is 1. The molecule has 2 atom stereocenters. The average molecular weight is 327 g/mol. The fourth-order valence-electron chi connectivity index (χ4n) is 3.48. The van der Waals surface area contributed by atoms with E-state index in [4.69, 9.17) is 0 Å². The van der Waals surface area contributed by atoms with Crippen LogP contribution in [0, 0.1) is 17.8 Å². The second-order valence-electron chi connectivity index (χ2n) is 6.46. The first-order chi connectivity index (χ1) is 11.6. The summed E-state index contributed by atoms with van der Waals surface area (Å²) in [5.41, 5.74) is 1.31. The van der Waals surface area contributed by atoms with Gasteiger partial charge in [0.2, 0.25) is 0 Å². The number of amides is 1. The summed E-state index contributed by atoms with van der Waals surface area (Å²) >= 11 is 0. The van der Waals surface area contributed by atoms with Crippen LogP contribution in [0.1, 0.15) is 23.2 Å². The highest BCUT2D eigenvalue weighted by molar-refractivity contribution is 5.95. The molecule has 0 radical (unpaired) electrons. The van der Waals surface area contributed by atoms with Crippen molar-refractivity contribution in [1.82, 2.24) is 25.1 Å². The van der Waals surface area contributed by atoms with E-state index >= 15 is 0 Å². The van der Waals surface area contributed by atoms with Crippen LogP contribution in [-0.2, 0) is 4.79 Å². The fourth-order valence-corrected chi connectivity index (χ4v) is 3.48. The van der Waals surface area contributed by atoms with Gasteiger partial charge in [0, 0.05) is 18.7 Å². The summed E-state index contributed by atoms with van der Waals surface area (Å²) in [6.45, 7) is 0.833. The van der Waals surface area contributed by atoms with Crippen LogP contribution in [-0.4, -0.2) is 55.2 Å². The molecule has 1 saturated carbocycles. The van der Waals surface area contributed by atoms with Gasteiger partial charge in [0.25, 0.3) is 5.91 Å². The molecule has 124 valence electrons. The van der Waals surface area contributed by atoms with E-state index in [1.54, 1.807) is 29.2 Å². The van der Waals surface area contributed by atoms with Gasteiger partial charge in [-0.2, -0.15) is 0 Å². The molecule has 2 fully saturated rings. The lowest BCUT2D eigenvalue weighted by Crippen LogP contribution is -2.29. The van der Waals surface area contributed by atoms with Gasteiger partial charge in [-0.15, -0.1) is 5.10 Å². The minimum Gasteiger partial charge on any atom is -0.481 e. The number of carboxylic acid groups (broad SMARTS) is 1. The molecule has 1 aromatic carbocycles. The van der Waals surface area contributed by atoms with Crippen LogP contribution in [0.25, 0.3) is 5.69 Å². The molecule has 4 rings (SSSR count). The van der Waals surface area contributed by atoms with E-state index in [9.17, 15) is 14.7 Å². The quantitative estimate of drug-likeness (QED) is 0.893. The molecule has 1 saturated heterocycles. The van der Waals surface area contributed by atoms with Crippen molar-refractivity contribution < 1.29 is 14.7 Å². The molecule has 1 aliphatic heterocycles. The SMILES string of the molecule is O=C(O)[C@H]1CN(C(=O)c2ccc(-n3cnnn3)cc2)C[C@@H]1C1CC1. The Kier molecular flexibility index (Phi) is 3.51. The molecule has 0 bridgehead atoms. The van der Waals surface area contributed by atoms with E-state index in [2.05, 4.69) is 15.5 Å². The Morgan fingerprint density at radius 1 is 1.12 bits per heavy atom. The van der Waals surface area contributed by atoms with Crippen LogP contribution >= 0.6 is 0 Å². The van der Waals surface area contributed by atoms with E-state index < -0.39 is 11.9 Å². The largest absolute Gasteiger partial charge is 0.481 e. The molecule has 2 aliphatic rings. The van der Waals surface area contributed by atoms with Gasteiger partial charge in [0.15, 0.2) is 0 Å². The van der Waals surface area contributed by atoms with Crippen molar-refractivity contribution in [2.75, 3.05) is 13.1 Å². The van der Waals surface area contributed by atoms with Gasteiger partial charge in [0.05, 0.1) is 11.6 Å². The number of carbonyl (C=O) groups excluding carboxylic acids is 1. The Bertz CT molecular complexity index is 755. The van der Waals surface area contributed by atoms with Gasteiger partial charge in [-0.3, -0.25) is 9.59 Å². The molecule has 1 N–H and O–H groups in total. The second-order valence-corrected chi connectivity index (χ2v) is 6.46. The number of hydrogen-bond acceptors (Lipinski definition) is 5. The van der Waals surface area contributed by atoms with E-state index in [0.29, 0.717) is 24.6 Å². The number of aromatic nitrogens is 4. The van der Waals surface area contributed by atoms with Crippen molar-refractivity contribution in [3.05, 3.63) is 36.2 Å². The third-order valence-corrected chi connectivity index (χ3v) is 4.92. The summed E-state index contributed by atoms with van der Waals surface area (Å²) in [5.74, 6) is -0.802. The first-order valence-electron chi connectivity index (χ1n) is 7.99. The van der Waals surface area contributed by atoms with Crippen LogP contribution in [0.4, 0.5) is 0 Å². The average Bonchev–Trinajstić information content (AvgIpc) is 3.13. The molecule has 1 amide bonds. The van der Waals surface area contributed by atoms with Crippen molar-refractivity contribution >= 4 is 11.9 Å². The molecule has 8 heteroatoms. The van der Waals surface area contributed by atoms with Gasteiger partial charge in [0.1, 0.15) is 6.33 Å². The summed E-state index contributed by atoms with van der Waals surface area (Å²) in [6, 6.07) is 6.98. The predicted octanol–water partition coefficient (Wildman–Crippen LogP) is 0.845. The van der Waals surface area contributed by atoms with Crippen LogP contribution < -0.4 is 0 Å². The highest BCUT2D eigenvalue weighted by Gasteiger charge is 2.46. The van der Waals surface area contributed by atoms with Gasteiger partial charge < -0.3 is 10.0 Å². The van der Waals surface area contributed by atoms with Crippen LogP contribution in [0.5, 0.6) is 0 Å². The Hall–Kier alpha value is -2.77. The zero-order valence-electron chi connectivity index (χ0n) is 12.9. The Morgan fingerprint density at radius 2 is 1.88 bits per heavy atom. The summed E-state index contributed by atoms with van der Waals surface area (Å²) in [6.07, 6.45) is 3.64. The predicted molar refractivity (Wildman–Crippen MR) is 82.4 cm³/mol. The molecular weight excluding hydrogens is 310 g/mol. The van der Waals surface area contributed by atoms with Crippen molar-refractivity contribution in [2.45, 2.75) is 12.8 Å². The minimum atomic E-state index is -0.795. The lowest BCUT2D eigenvalue weighted by molar-refractivity contribution is -0.142. The van der Waals surface area contributed by atoms with Crippen molar-refractivity contribution in [2.24, 2.45) is 17.8 Å². The van der Waals surface area contributed by atoms with Crippen molar-refractivity contribution in [3.63, 3.8) is 0 Å². The number of likely N-dealkylation sites (tertiary alicyclic amines) is 1. The molecule has 2 heterocycles. The third-order valence-electron chi connectivity index (χ3n) is 4.92. The van der Waals surface area contributed by atoms with Gasteiger partial charge in [-0.25, -0.2) is 4.68 Å². The first kappa shape index (κ1) is 14.8. The van der Waals surface area contributed by atoms with Crippen molar-refractivity contribution in [1.29, 1.82) is 0 Å². The first-order valence-corrected chi connectivity index (χ1v) is 7.99. The Morgan fingerprint density at radius 3 is 2.46 bits per heavy atom. The van der Waals surface area contributed by atoms with Crippen LogP contribution in [0.2, 0.25) is 0 Å². The molecular formula is C16H17N5O3. The topological polar surface area (TPSA) is 101 Å². The maximum atomic E-state index is 12.7. The Labute approximate surface area is 138 Å². The molecule has 0 unspecified atom stereocenters. The van der Waals surface area contributed by atoms with Gasteiger partial charge >= 0.3 is 5.97 Å². The molecule has 2 aromatic rings. The summed E-state index contributed by atoms with van der Waals surface area (Å²) in [4.78, 5) is 25.8. The fraction of sp³-hybridized carbons (Fsp3) is 0.438. The number of carboxylic acids is 1. The van der Waals surface area contributed by atoms with Crippen LogP contribution in [0.3, 0.4) is 0 Å². The van der Waals surface area contributed by atoms with Crippen LogP contribution in [0.15, 0.2) is 30.6 Å².